The Hall–Kier alpha value is -3.86. The van der Waals surface area contributed by atoms with Crippen molar-refractivity contribution in [3.05, 3.63) is 100 Å². The summed E-state index contributed by atoms with van der Waals surface area (Å²) in [6.07, 6.45) is 0. The number of ketones is 1. The molecular weight excluding hydrogens is 368 g/mol. The van der Waals surface area contributed by atoms with Gasteiger partial charge in [-0.15, -0.1) is 0 Å². The van der Waals surface area contributed by atoms with Crippen LogP contribution in [0.4, 0.5) is 0 Å². The average molecular weight is 386 g/mol. The van der Waals surface area contributed by atoms with E-state index < -0.39 is 0 Å². The van der Waals surface area contributed by atoms with Crippen molar-refractivity contribution in [2.45, 2.75) is 6.92 Å². The lowest BCUT2D eigenvalue weighted by Gasteiger charge is -2.10. The molecule has 0 saturated heterocycles. The molecule has 0 bridgehead atoms. The minimum Gasteiger partial charge on any atom is -0.485 e. The van der Waals surface area contributed by atoms with E-state index in [1.807, 2.05) is 24.3 Å². The first-order valence-corrected chi connectivity index (χ1v) is 9.13. The summed E-state index contributed by atoms with van der Waals surface area (Å²) in [7, 11) is 0. The van der Waals surface area contributed by atoms with E-state index in [0.717, 1.165) is 0 Å². The number of Topliss-reactive ketones (excluding diaryl/α,β-unsaturated/α-hetero) is 1. The second-order valence-corrected chi connectivity index (χ2v) is 6.47. The highest BCUT2D eigenvalue weighted by atomic mass is 16.5. The van der Waals surface area contributed by atoms with Gasteiger partial charge in [0.1, 0.15) is 22.8 Å². The van der Waals surface area contributed by atoms with Crippen LogP contribution >= 0.6 is 0 Å². The predicted octanol–water partition coefficient (Wildman–Crippen LogP) is 5.16. The van der Waals surface area contributed by atoms with Gasteiger partial charge in [0.15, 0.2) is 12.4 Å². The maximum absolute atomic E-state index is 12.8. The maximum Gasteiger partial charge on any atom is 0.235 e. The molecule has 144 valence electrons. The molecule has 0 N–H and O–H groups in total. The SMILES string of the molecule is Cc1oc2cc(OCC(=O)c3ccccc3)ccc2c(=O)c1Oc1ccccc1. The van der Waals surface area contributed by atoms with E-state index in [1.165, 1.54) is 0 Å². The Balaban J connectivity index is 1.57. The quantitative estimate of drug-likeness (QED) is 0.429. The van der Waals surface area contributed by atoms with E-state index in [0.29, 0.717) is 33.8 Å². The third-order valence-corrected chi connectivity index (χ3v) is 4.42. The first kappa shape index (κ1) is 18.5. The molecule has 1 heterocycles. The van der Waals surface area contributed by atoms with Gasteiger partial charge in [-0.2, -0.15) is 0 Å². The minimum atomic E-state index is -0.264. The summed E-state index contributed by atoms with van der Waals surface area (Å²) in [5, 5.41) is 0.378. The summed E-state index contributed by atoms with van der Waals surface area (Å²) < 4.78 is 17.1. The van der Waals surface area contributed by atoms with Crippen molar-refractivity contribution in [2.75, 3.05) is 6.61 Å². The number of carbonyl (C=O) groups is 1. The van der Waals surface area contributed by atoms with E-state index in [2.05, 4.69) is 0 Å². The van der Waals surface area contributed by atoms with Gasteiger partial charge in [-0.1, -0.05) is 48.5 Å². The van der Waals surface area contributed by atoms with Gasteiger partial charge >= 0.3 is 0 Å². The monoisotopic (exact) mass is 386 g/mol. The molecule has 0 aliphatic rings. The van der Waals surface area contributed by atoms with Gasteiger partial charge in [0, 0.05) is 11.6 Å². The molecule has 0 aliphatic heterocycles. The smallest absolute Gasteiger partial charge is 0.235 e. The zero-order valence-electron chi connectivity index (χ0n) is 15.8. The lowest BCUT2D eigenvalue weighted by atomic mass is 10.1. The highest BCUT2D eigenvalue weighted by Crippen LogP contribution is 2.27. The van der Waals surface area contributed by atoms with E-state index in [4.69, 9.17) is 13.9 Å². The fraction of sp³-hybridized carbons (Fsp3) is 0.0833. The summed E-state index contributed by atoms with van der Waals surface area (Å²) in [6, 6.07) is 22.8. The maximum atomic E-state index is 12.8. The third-order valence-electron chi connectivity index (χ3n) is 4.42. The van der Waals surface area contributed by atoms with Crippen molar-refractivity contribution in [3.8, 4) is 17.2 Å². The van der Waals surface area contributed by atoms with Crippen LogP contribution in [0.25, 0.3) is 11.0 Å². The van der Waals surface area contributed by atoms with Crippen LogP contribution in [0.2, 0.25) is 0 Å². The van der Waals surface area contributed by atoms with Crippen LogP contribution in [0.15, 0.2) is 88.1 Å². The van der Waals surface area contributed by atoms with Gasteiger partial charge in [-0.25, -0.2) is 0 Å². The van der Waals surface area contributed by atoms with E-state index in [9.17, 15) is 9.59 Å². The second-order valence-electron chi connectivity index (χ2n) is 6.47. The van der Waals surface area contributed by atoms with Crippen LogP contribution in [0, 0.1) is 6.92 Å². The minimum absolute atomic E-state index is 0.103. The molecule has 5 heteroatoms. The van der Waals surface area contributed by atoms with Crippen LogP contribution in [-0.4, -0.2) is 12.4 Å². The van der Waals surface area contributed by atoms with Gasteiger partial charge in [-0.05, 0) is 31.2 Å². The fourth-order valence-corrected chi connectivity index (χ4v) is 2.94. The largest absolute Gasteiger partial charge is 0.485 e. The van der Waals surface area contributed by atoms with Crippen LogP contribution in [0.3, 0.4) is 0 Å². The number of aryl methyl sites for hydroxylation is 1. The number of benzene rings is 3. The van der Waals surface area contributed by atoms with Crippen LogP contribution in [-0.2, 0) is 0 Å². The molecule has 29 heavy (non-hydrogen) atoms. The first-order valence-electron chi connectivity index (χ1n) is 9.13. The first-order chi connectivity index (χ1) is 14.1. The zero-order chi connectivity index (χ0) is 20.2. The van der Waals surface area contributed by atoms with Crippen molar-refractivity contribution in [1.82, 2.24) is 0 Å². The molecule has 0 aliphatic carbocycles. The van der Waals surface area contributed by atoms with Crippen molar-refractivity contribution in [3.63, 3.8) is 0 Å². The van der Waals surface area contributed by atoms with Gasteiger partial charge in [0.2, 0.25) is 11.2 Å². The lowest BCUT2D eigenvalue weighted by molar-refractivity contribution is 0.0921. The number of hydrogen-bond acceptors (Lipinski definition) is 5. The number of rotatable bonds is 6. The van der Waals surface area contributed by atoms with E-state index >= 15 is 0 Å². The molecule has 0 radical (unpaired) electrons. The third kappa shape index (κ3) is 4.04. The van der Waals surface area contributed by atoms with Crippen molar-refractivity contribution >= 4 is 16.8 Å². The topological polar surface area (TPSA) is 65.7 Å². The molecular formula is C24H18O5. The lowest BCUT2D eigenvalue weighted by Crippen LogP contribution is -2.11. The standard InChI is InChI=1S/C24H18O5/c1-16-24(29-18-10-6-3-7-11-18)23(26)20-13-12-19(14-22(20)28-16)27-15-21(25)17-8-4-2-5-9-17/h2-14H,15H2,1H3. The summed E-state index contributed by atoms with van der Waals surface area (Å²) in [5.74, 6) is 1.39. The van der Waals surface area contributed by atoms with Gasteiger partial charge in [0.05, 0.1) is 5.39 Å². The molecule has 4 rings (SSSR count). The molecule has 0 amide bonds. The number of ether oxygens (including phenoxy) is 2. The van der Waals surface area contributed by atoms with Crippen LogP contribution < -0.4 is 14.9 Å². The number of hydrogen-bond donors (Lipinski definition) is 0. The summed E-state index contributed by atoms with van der Waals surface area (Å²) in [4.78, 5) is 25.0. The highest BCUT2D eigenvalue weighted by Gasteiger charge is 2.15. The van der Waals surface area contributed by atoms with Crippen molar-refractivity contribution in [2.24, 2.45) is 0 Å². The summed E-state index contributed by atoms with van der Waals surface area (Å²) >= 11 is 0. The molecule has 0 atom stereocenters. The molecule has 5 nitrogen and oxygen atoms in total. The zero-order valence-corrected chi connectivity index (χ0v) is 15.8. The highest BCUT2D eigenvalue weighted by molar-refractivity contribution is 5.97. The molecule has 1 aromatic heterocycles. The van der Waals surface area contributed by atoms with E-state index in [1.54, 1.807) is 61.5 Å². The van der Waals surface area contributed by atoms with Crippen molar-refractivity contribution in [1.29, 1.82) is 0 Å². The van der Waals surface area contributed by atoms with Crippen LogP contribution in [0.1, 0.15) is 16.1 Å². The average Bonchev–Trinajstić information content (AvgIpc) is 2.76. The summed E-state index contributed by atoms with van der Waals surface area (Å²) in [5.41, 5.74) is 0.690. The molecule has 0 unspecified atom stereocenters. The Morgan fingerprint density at radius 3 is 2.31 bits per heavy atom. The molecule has 0 fully saturated rings. The van der Waals surface area contributed by atoms with Crippen molar-refractivity contribution < 1.29 is 18.7 Å². The number of fused-ring (bicyclic) bond motifs is 1. The van der Waals surface area contributed by atoms with Gasteiger partial charge in [-0.3, -0.25) is 9.59 Å². The Morgan fingerprint density at radius 2 is 1.59 bits per heavy atom. The molecule has 0 spiro atoms. The summed E-state index contributed by atoms with van der Waals surface area (Å²) in [6.45, 7) is 1.57. The molecule has 3 aromatic carbocycles. The Labute approximate surface area is 167 Å². The number of carbonyl (C=O) groups excluding carboxylic acids is 1. The van der Waals surface area contributed by atoms with Gasteiger partial charge in [0.25, 0.3) is 0 Å². The van der Waals surface area contributed by atoms with Gasteiger partial charge < -0.3 is 13.9 Å². The number of para-hydroxylation sites is 1. The second kappa shape index (κ2) is 8.02. The molecule has 4 aromatic rings. The fourth-order valence-electron chi connectivity index (χ4n) is 2.94. The Kier molecular flexibility index (Phi) is 5.12. The normalized spacial score (nSPS) is 10.7. The molecule has 0 saturated carbocycles. The Bertz CT molecular complexity index is 1210. The van der Waals surface area contributed by atoms with E-state index in [-0.39, 0.29) is 23.6 Å². The predicted molar refractivity (Wildman–Crippen MR) is 110 cm³/mol. The Morgan fingerprint density at radius 1 is 0.897 bits per heavy atom. The van der Waals surface area contributed by atoms with Crippen LogP contribution in [0.5, 0.6) is 17.2 Å².